The molecular weight excluding hydrogens is 442 g/mol. The van der Waals surface area contributed by atoms with Crippen LogP contribution < -0.4 is 14.8 Å². The fourth-order valence-corrected chi connectivity index (χ4v) is 4.22. The number of hydrogen-bond donors (Lipinski definition) is 1. The summed E-state index contributed by atoms with van der Waals surface area (Å²) in [5.74, 6) is 1.78. The average molecular weight is 466 g/mol. The first kappa shape index (κ1) is 22.6. The Morgan fingerprint density at radius 2 is 2.06 bits per heavy atom. The Balaban J connectivity index is 1.65. The highest BCUT2D eigenvalue weighted by Gasteiger charge is 2.21. The Labute approximate surface area is 195 Å². The van der Waals surface area contributed by atoms with Gasteiger partial charge in [-0.15, -0.1) is 0 Å². The van der Waals surface area contributed by atoms with E-state index in [4.69, 9.17) is 19.2 Å². The summed E-state index contributed by atoms with van der Waals surface area (Å²) in [4.78, 5) is 15.8. The predicted molar refractivity (Wildman–Crippen MR) is 130 cm³/mol. The molecule has 1 aliphatic heterocycles. The molecule has 0 aromatic heterocycles. The first-order valence-corrected chi connectivity index (χ1v) is 11.2. The molecular formula is C24H23N3O5S. The third-order valence-electron chi connectivity index (χ3n) is 5.01. The highest BCUT2D eigenvalue weighted by molar-refractivity contribution is 8.13. The molecule has 0 bridgehead atoms. The number of amidine groups is 1. The third kappa shape index (κ3) is 5.63. The molecule has 0 unspecified atom stereocenters. The van der Waals surface area contributed by atoms with E-state index < -0.39 is 4.92 Å². The number of benzene rings is 3. The molecule has 8 nitrogen and oxygen atoms in total. The van der Waals surface area contributed by atoms with Crippen LogP contribution in [0.25, 0.3) is 0 Å². The number of nitrogens with zero attached hydrogens (tertiary/aromatic N) is 2. The number of ether oxygens (including phenoxy) is 3. The monoisotopic (exact) mass is 465 g/mol. The van der Waals surface area contributed by atoms with Gasteiger partial charge < -0.3 is 19.5 Å². The number of nitro benzene ring substituents is 1. The van der Waals surface area contributed by atoms with Gasteiger partial charge in [-0.25, -0.2) is 4.99 Å². The lowest BCUT2D eigenvalue weighted by Gasteiger charge is -2.20. The number of para-hydroxylation sites is 1. The lowest BCUT2D eigenvalue weighted by molar-refractivity contribution is -0.385. The second-order valence-electron chi connectivity index (χ2n) is 7.31. The van der Waals surface area contributed by atoms with Crippen molar-refractivity contribution in [3.8, 4) is 11.5 Å². The minimum atomic E-state index is -0.403. The maximum atomic E-state index is 11.4. The van der Waals surface area contributed by atoms with Gasteiger partial charge in [-0.05, 0) is 30.7 Å². The van der Waals surface area contributed by atoms with E-state index in [2.05, 4.69) is 5.32 Å². The summed E-state index contributed by atoms with van der Waals surface area (Å²) in [6.07, 6.45) is 0. The van der Waals surface area contributed by atoms with Gasteiger partial charge in [-0.3, -0.25) is 10.1 Å². The van der Waals surface area contributed by atoms with Crippen molar-refractivity contribution in [2.24, 2.45) is 4.99 Å². The number of hydrogen-bond acceptors (Lipinski definition) is 7. The summed E-state index contributed by atoms with van der Waals surface area (Å²) >= 11 is 1.43. The molecule has 3 aromatic rings. The molecule has 1 N–H and O–H groups in total. The molecule has 0 radical (unpaired) electrons. The van der Waals surface area contributed by atoms with Gasteiger partial charge in [0.25, 0.3) is 5.69 Å². The lowest BCUT2D eigenvalue weighted by atomic mass is 10.1. The summed E-state index contributed by atoms with van der Waals surface area (Å²) in [5, 5.41) is 15.4. The molecule has 1 aliphatic rings. The van der Waals surface area contributed by atoms with Gasteiger partial charge in [0.2, 0.25) is 0 Å². The molecule has 0 atom stereocenters. The van der Waals surface area contributed by atoms with Crippen molar-refractivity contribution in [1.82, 2.24) is 0 Å². The number of non-ortho nitro benzene ring substituents is 1. The second-order valence-corrected chi connectivity index (χ2v) is 8.27. The van der Waals surface area contributed by atoms with Crippen LogP contribution in [0.15, 0.2) is 65.7 Å². The van der Waals surface area contributed by atoms with Crippen molar-refractivity contribution in [2.75, 3.05) is 19.2 Å². The number of thioether (sulfide) groups is 1. The van der Waals surface area contributed by atoms with Gasteiger partial charge in [0.05, 0.1) is 24.3 Å². The molecule has 170 valence electrons. The number of aliphatic imine (C=N–C) groups is 1. The second kappa shape index (κ2) is 10.4. The molecule has 0 aliphatic carbocycles. The number of nitro groups is 1. The van der Waals surface area contributed by atoms with Crippen molar-refractivity contribution in [3.05, 3.63) is 87.5 Å². The Morgan fingerprint density at radius 3 is 2.85 bits per heavy atom. The van der Waals surface area contributed by atoms with E-state index in [0.717, 1.165) is 28.3 Å². The Kier molecular flexibility index (Phi) is 7.11. The molecule has 3 aromatic carbocycles. The van der Waals surface area contributed by atoms with Gasteiger partial charge in [-0.1, -0.05) is 36.0 Å². The molecule has 0 saturated heterocycles. The smallest absolute Gasteiger partial charge is 0.270 e. The number of methoxy groups -OCH3 is 1. The molecule has 33 heavy (non-hydrogen) atoms. The zero-order valence-electron chi connectivity index (χ0n) is 18.2. The zero-order valence-corrected chi connectivity index (χ0v) is 19.1. The van der Waals surface area contributed by atoms with Crippen LogP contribution in [0.1, 0.15) is 16.7 Å². The third-order valence-corrected chi connectivity index (χ3v) is 5.93. The summed E-state index contributed by atoms with van der Waals surface area (Å²) in [6, 6.07) is 18.4. The zero-order chi connectivity index (χ0) is 23.2. The SMILES string of the molecule is COc1cccc(NC(=Nc2ccccc2C)SCc2cc([N+](=O)[O-])cc3c2OCOC3)c1. The first-order chi connectivity index (χ1) is 16.0. The van der Waals surface area contributed by atoms with Crippen LogP contribution in [-0.4, -0.2) is 24.0 Å². The molecule has 0 spiro atoms. The van der Waals surface area contributed by atoms with Gasteiger partial charge in [-0.2, -0.15) is 0 Å². The number of aryl methyl sites for hydroxylation is 1. The van der Waals surface area contributed by atoms with Crippen LogP contribution in [0.3, 0.4) is 0 Å². The summed E-state index contributed by atoms with van der Waals surface area (Å²) in [7, 11) is 1.62. The lowest BCUT2D eigenvalue weighted by Crippen LogP contribution is -2.14. The van der Waals surface area contributed by atoms with E-state index in [1.165, 1.54) is 17.8 Å². The Bertz CT molecular complexity index is 1200. The maximum Gasteiger partial charge on any atom is 0.270 e. The van der Waals surface area contributed by atoms with Gasteiger partial charge in [0, 0.05) is 40.8 Å². The normalized spacial score (nSPS) is 13.1. The minimum Gasteiger partial charge on any atom is -0.497 e. The van der Waals surface area contributed by atoms with E-state index in [1.807, 2.05) is 55.5 Å². The number of anilines is 1. The largest absolute Gasteiger partial charge is 0.497 e. The standard InChI is InChI=1S/C24H23N3O5S/c1-16-6-3-4-9-22(16)26-24(25-19-7-5-8-21(12-19)30-2)33-14-18-11-20(27(28)29)10-17-13-31-15-32-23(17)18/h3-12H,13-15H2,1-2H3,(H,25,26). The fourth-order valence-electron chi connectivity index (χ4n) is 3.36. The first-order valence-electron chi connectivity index (χ1n) is 10.2. The van der Waals surface area contributed by atoms with Gasteiger partial charge >= 0.3 is 0 Å². The number of rotatable bonds is 6. The van der Waals surface area contributed by atoms with Crippen molar-refractivity contribution in [2.45, 2.75) is 19.3 Å². The molecule has 0 amide bonds. The minimum absolute atomic E-state index is 0.0107. The van der Waals surface area contributed by atoms with Gasteiger partial charge in [0.1, 0.15) is 11.5 Å². The summed E-state index contributed by atoms with van der Waals surface area (Å²) in [5.41, 5.74) is 4.09. The molecule has 1 heterocycles. The maximum absolute atomic E-state index is 11.4. The summed E-state index contributed by atoms with van der Waals surface area (Å²) < 4.78 is 16.3. The summed E-state index contributed by atoms with van der Waals surface area (Å²) in [6.45, 7) is 2.40. The van der Waals surface area contributed by atoms with Crippen LogP contribution in [-0.2, 0) is 17.1 Å². The number of fused-ring (bicyclic) bond motifs is 1. The van der Waals surface area contributed by atoms with Crippen molar-refractivity contribution in [1.29, 1.82) is 0 Å². The molecule has 4 rings (SSSR count). The molecule has 0 saturated carbocycles. The average Bonchev–Trinajstić information content (AvgIpc) is 2.83. The molecule has 9 heteroatoms. The van der Waals surface area contributed by atoms with Crippen molar-refractivity contribution < 1.29 is 19.1 Å². The van der Waals surface area contributed by atoms with Crippen LogP contribution in [0.4, 0.5) is 17.1 Å². The van der Waals surface area contributed by atoms with E-state index in [-0.39, 0.29) is 19.1 Å². The van der Waals surface area contributed by atoms with E-state index in [1.54, 1.807) is 13.2 Å². The van der Waals surface area contributed by atoms with Gasteiger partial charge in [0.15, 0.2) is 12.0 Å². The Hall–Kier alpha value is -3.56. The Morgan fingerprint density at radius 1 is 1.21 bits per heavy atom. The predicted octanol–water partition coefficient (Wildman–Crippen LogP) is 5.81. The van der Waals surface area contributed by atoms with Crippen LogP contribution >= 0.6 is 11.8 Å². The van der Waals surface area contributed by atoms with Crippen LogP contribution in [0, 0.1) is 17.0 Å². The van der Waals surface area contributed by atoms with E-state index >= 15 is 0 Å². The molecule has 0 fully saturated rings. The fraction of sp³-hybridized carbons (Fsp3) is 0.208. The quantitative estimate of drug-likeness (QED) is 0.212. The van der Waals surface area contributed by atoms with Crippen LogP contribution in [0.2, 0.25) is 0 Å². The highest BCUT2D eigenvalue weighted by atomic mass is 32.2. The van der Waals surface area contributed by atoms with Crippen LogP contribution in [0.5, 0.6) is 11.5 Å². The van der Waals surface area contributed by atoms with Crippen molar-refractivity contribution in [3.63, 3.8) is 0 Å². The topological polar surface area (TPSA) is 95.2 Å². The van der Waals surface area contributed by atoms with E-state index in [9.17, 15) is 10.1 Å². The van der Waals surface area contributed by atoms with Crippen molar-refractivity contribution >= 4 is 34.0 Å². The highest BCUT2D eigenvalue weighted by Crippen LogP contribution is 2.35. The van der Waals surface area contributed by atoms with E-state index in [0.29, 0.717) is 22.2 Å². The number of nitrogens with one attached hydrogen (secondary N) is 1.